The number of fused-ring (bicyclic) bond motifs is 2. The molecule has 0 bridgehead atoms. The minimum Gasteiger partial charge on any atom is -0.385 e. The van der Waals surface area contributed by atoms with Crippen molar-refractivity contribution in [1.29, 1.82) is 0 Å². The Morgan fingerprint density at radius 2 is 1.91 bits per heavy atom. The summed E-state index contributed by atoms with van der Waals surface area (Å²) < 4.78 is 17.2. The Kier molecular flexibility index (Phi) is 5.68. The lowest BCUT2D eigenvalue weighted by atomic mass is 9.85. The number of aliphatic hydroxyl groups is 1. The van der Waals surface area contributed by atoms with E-state index in [0.717, 1.165) is 38.9 Å². The third-order valence-corrected chi connectivity index (χ3v) is 7.29. The molecule has 0 saturated carbocycles. The summed E-state index contributed by atoms with van der Waals surface area (Å²) in [4.78, 5) is 18.7. The molecule has 35 heavy (non-hydrogen) atoms. The van der Waals surface area contributed by atoms with Gasteiger partial charge in [-0.05, 0) is 54.7 Å². The topological polar surface area (TPSA) is 71.2 Å². The van der Waals surface area contributed by atoms with E-state index in [2.05, 4.69) is 10.1 Å². The molecule has 3 heterocycles. The summed E-state index contributed by atoms with van der Waals surface area (Å²) in [6.07, 6.45) is 4.73. The number of nitrogens with zero attached hydrogens (tertiary/aromatic N) is 4. The van der Waals surface area contributed by atoms with E-state index >= 15 is 4.39 Å². The van der Waals surface area contributed by atoms with Gasteiger partial charge in [-0.25, -0.2) is 4.39 Å². The zero-order valence-electron chi connectivity index (χ0n) is 20.5. The van der Waals surface area contributed by atoms with Crippen LogP contribution in [-0.4, -0.2) is 30.7 Å². The Morgan fingerprint density at radius 3 is 2.60 bits per heavy atom. The number of rotatable bonds is 6. The van der Waals surface area contributed by atoms with Crippen LogP contribution in [0.5, 0.6) is 0 Å². The van der Waals surface area contributed by atoms with Gasteiger partial charge in [0.2, 0.25) is 0 Å². The molecular formula is C28H29FN4O2. The van der Waals surface area contributed by atoms with E-state index in [1.807, 2.05) is 52.2 Å². The number of carbonyl (C=O) groups is 1. The van der Waals surface area contributed by atoms with Crippen molar-refractivity contribution in [3.05, 3.63) is 82.6 Å². The van der Waals surface area contributed by atoms with Crippen LogP contribution in [-0.2, 0) is 25.7 Å². The molecule has 0 saturated heterocycles. The van der Waals surface area contributed by atoms with Crippen LogP contribution in [0.25, 0.3) is 22.0 Å². The molecule has 0 spiro atoms. The molecular weight excluding hydrogens is 443 g/mol. The van der Waals surface area contributed by atoms with Crippen molar-refractivity contribution in [2.24, 2.45) is 7.05 Å². The summed E-state index contributed by atoms with van der Waals surface area (Å²) in [6, 6.07) is 10.8. The smallest absolute Gasteiger partial charge is 0.256 e. The summed E-state index contributed by atoms with van der Waals surface area (Å²) in [5.41, 5.74) is 4.73. The average molecular weight is 473 g/mol. The standard InChI is InChI=1S/C28H29FN4O2/c1-5-28(35,6-2)23-10-9-19(22-14-32(4)31-26(22)23)18-12-17(3)21(24(29)13-18)15-33-16-25-20(27(33)34)8-7-11-30-25/h7-14,35H,5-6,15-16H2,1-4H3. The van der Waals surface area contributed by atoms with E-state index in [-0.39, 0.29) is 18.3 Å². The number of aromatic nitrogens is 3. The van der Waals surface area contributed by atoms with Crippen LogP contribution in [0.2, 0.25) is 0 Å². The minimum atomic E-state index is -0.967. The van der Waals surface area contributed by atoms with E-state index in [1.165, 1.54) is 6.07 Å². The highest BCUT2D eigenvalue weighted by Gasteiger charge is 2.30. The number of hydrogen-bond acceptors (Lipinski definition) is 4. The van der Waals surface area contributed by atoms with Gasteiger partial charge in [0.15, 0.2) is 0 Å². The van der Waals surface area contributed by atoms with Gasteiger partial charge in [-0.2, -0.15) is 5.10 Å². The third kappa shape index (κ3) is 3.80. The highest BCUT2D eigenvalue weighted by atomic mass is 19.1. The molecule has 1 aliphatic rings. The van der Waals surface area contributed by atoms with Crippen molar-refractivity contribution in [2.45, 2.75) is 52.3 Å². The maximum atomic E-state index is 15.5. The second-order valence-corrected chi connectivity index (χ2v) is 9.38. The lowest BCUT2D eigenvalue weighted by Crippen LogP contribution is -2.24. The number of halogens is 1. The largest absolute Gasteiger partial charge is 0.385 e. The maximum Gasteiger partial charge on any atom is 0.256 e. The number of pyridine rings is 1. The Balaban J connectivity index is 1.53. The van der Waals surface area contributed by atoms with Gasteiger partial charge >= 0.3 is 0 Å². The van der Waals surface area contributed by atoms with Crippen LogP contribution in [0, 0.1) is 12.7 Å². The van der Waals surface area contributed by atoms with Crippen molar-refractivity contribution in [3.63, 3.8) is 0 Å². The number of carbonyl (C=O) groups excluding carboxylic acids is 1. The minimum absolute atomic E-state index is 0.122. The first-order valence-electron chi connectivity index (χ1n) is 12.0. The zero-order chi connectivity index (χ0) is 24.9. The van der Waals surface area contributed by atoms with E-state index in [1.54, 1.807) is 27.9 Å². The monoisotopic (exact) mass is 472 g/mol. The summed E-state index contributed by atoms with van der Waals surface area (Å²) in [5.74, 6) is -0.473. The fourth-order valence-electron chi connectivity index (χ4n) is 5.11. The molecule has 6 nitrogen and oxygen atoms in total. The lowest BCUT2D eigenvalue weighted by molar-refractivity contribution is 0.0297. The Morgan fingerprint density at radius 1 is 1.14 bits per heavy atom. The third-order valence-electron chi connectivity index (χ3n) is 7.29. The Labute approximate surface area is 204 Å². The van der Waals surface area contributed by atoms with Crippen molar-refractivity contribution in [3.8, 4) is 11.1 Å². The molecule has 2 aromatic heterocycles. The lowest BCUT2D eigenvalue weighted by Gasteiger charge is -2.26. The Hall–Kier alpha value is -3.58. The van der Waals surface area contributed by atoms with Crippen molar-refractivity contribution in [2.75, 3.05) is 0 Å². The molecule has 4 aromatic rings. The fraction of sp³-hybridized carbons (Fsp3) is 0.321. The summed E-state index contributed by atoms with van der Waals surface area (Å²) in [6.45, 7) is 6.36. The van der Waals surface area contributed by atoms with Gasteiger partial charge in [0.25, 0.3) is 5.91 Å². The second-order valence-electron chi connectivity index (χ2n) is 9.38. The molecule has 2 aromatic carbocycles. The SMILES string of the molecule is CCC(O)(CC)c1ccc(-c2cc(C)c(CN3Cc4ncccc4C3=O)c(F)c2)c2cn(C)nc12. The summed E-state index contributed by atoms with van der Waals surface area (Å²) >= 11 is 0. The van der Waals surface area contributed by atoms with Gasteiger partial charge in [0.05, 0.1) is 28.9 Å². The van der Waals surface area contributed by atoms with Crippen LogP contribution >= 0.6 is 0 Å². The highest BCUT2D eigenvalue weighted by molar-refractivity contribution is 5.98. The molecule has 1 amide bonds. The summed E-state index contributed by atoms with van der Waals surface area (Å²) in [7, 11) is 1.85. The Bertz CT molecular complexity index is 1430. The number of aryl methyl sites for hydroxylation is 2. The molecule has 0 radical (unpaired) electrons. The molecule has 0 aliphatic carbocycles. The first-order chi connectivity index (χ1) is 16.8. The van der Waals surface area contributed by atoms with Crippen LogP contribution in [0.3, 0.4) is 0 Å². The van der Waals surface area contributed by atoms with E-state index in [9.17, 15) is 9.90 Å². The van der Waals surface area contributed by atoms with Crippen LogP contribution < -0.4 is 0 Å². The van der Waals surface area contributed by atoms with Gasteiger partial charge in [0, 0.05) is 42.5 Å². The number of benzene rings is 2. The van der Waals surface area contributed by atoms with Gasteiger partial charge in [-0.1, -0.05) is 32.0 Å². The fourth-order valence-corrected chi connectivity index (χ4v) is 5.11. The number of amides is 1. The van der Waals surface area contributed by atoms with Crippen LogP contribution in [0.15, 0.2) is 48.8 Å². The molecule has 180 valence electrons. The summed E-state index contributed by atoms with van der Waals surface area (Å²) in [5, 5.41) is 16.7. The predicted octanol–water partition coefficient (Wildman–Crippen LogP) is 5.25. The van der Waals surface area contributed by atoms with Crippen molar-refractivity contribution >= 4 is 16.8 Å². The van der Waals surface area contributed by atoms with E-state index < -0.39 is 5.60 Å². The first-order valence-corrected chi connectivity index (χ1v) is 12.0. The maximum absolute atomic E-state index is 15.5. The van der Waals surface area contributed by atoms with Gasteiger partial charge in [0.1, 0.15) is 5.82 Å². The molecule has 7 heteroatoms. The number of hydrogen-bond donors (Lipinski definition) is 1. The molecule has 1 N–H and O–H groups in total. The quantitative estimate of drug-likeness (QED) is 0.416. The van der Waals surface area contributed by atoms with E-state index in [4.69, 9.17) is 0 Å². The first kappa shape index (κ1) is 23.2. The highest BCUT2D eigenvalue weighted by Crippen LogP contribution is 2.38. The van der Waals surface area contributed by atoms with Crippen molar-refractivity contribution < 1.29 is 14.3 Å². The molecule has 5 rings (SSSR count). The van der Waals surface area contributed by atoms with Crippen LogP contribution in [0.1, 0.15) is 59.4 Å². The van der Waals surface area contributed by atoms with Crippen molar-refractivity contribution in [1.82, 2.24) is 19.7 Å². The van der Waals surface area contributed by atoms with E-state index in [0.29, 0.717) is 30.5 Å². The second kappa shape index (κ2) is 8.57. The molecule has 0 atom stereocenters. The molecule has 1 aliphatic heterocycles. The normalized spacial score (nSPS) is 13.7. The predicted molar refractivity (Wildman–Crippen MR) is 133 cm³/mol. The average Bonchev–Trinajstić information content (AvgIpc) is 3.39. The van der Waals surface area contributed by atoms with Gasteiger partial charge in [-0.3, -0.25) is 14.5 Å². The van der Waals surface area contributed by atoms with Crippen LogP contribution in [0.4, 0.5) is 4.39 Å². The van der Waals surface area contributed by atoms with Gasteiger partial charge < -0.3 is 10.0 Å². The molecule has 0 fully saturated rings. The zero-order valence-corrected chi connectivity index (χ0v) is 20.5. The molecule has 0 unspecified atom stereocenters. The van der Waals surface area contributed by atoms with Gasteiger partial charge in [-0.15, -0.1) is 0 Å².